The van der Waals surface area contributed by atoms with Gasteiger partial charge in [-0.2, -0.15) is 5.10 Å². The average Bonchev–Trinajstić information content (AvgIpc) is 3.43. The van der Waals surface area contributed by atoms with Gasteiger partial charge < -0.3 is 14.8 Å². The van der Waals surface area contributed by atoms with Crippen LogP contribution in [0.2, 0.25) is 0 Å². The van der Waals surface area contributed by atoms with Crippen LogP contribution in [-0.2, 0) is 16.8 Å². The van der Waals surface area contributed by atoms with E-state index < -0.39 is 5.41 Å². The average molecular weight is 433 g/mol. The largest absolute Gasteiger partial charge is 0.454 e. The van der Waals surface area contributed by atoms with Crippen LogP contribution in [0.25, 0.3) is 5.82 Å². The van der Waals surface area contributed by atoms with E-state index in [0.717, 1.165) is 71.9 Å². The number of carbonyl (C=O) groups is 1. The van der Waals surface area contributed by atoms with Gasteiger partial charge in [0.2, 0.25) is 12.7 Å². The van der Waals surface area contributed by atoms with Crippen molar-refractivity contribution in [2.75, 3.05) is 6.79 Å². The van der Waals surface area contributed by atoms with E-state index in [0.29, 0.717) is 6.54 Å². The summed E-state index contributed by atoms with van der Waals surface area (Å²) in [5.41, 5.74) is 3.44. The summed E-state index contributed by atoms with van der Waals surface area (Å²) < 4.78 is 12.9. The molecule has 7 nitrogen and oxygen atoms in total. The highest BCUT2D eigenvalue weighted by Crippen LogP contribution is 2.43. The van der Waals surface area contributed by atoms with Crippen LogP contribution in [0.15, 0.2) is 42.6 Å². The second-order valence-corrected chi connectivity index (χ2v) is 8.76. The predicted octanol–water partition coefficient (Wildman–Crippen LogP) is 4.13. The Morgan fingerprint density at radius 2 is 1.88 bits per heavy atom. The number of fused-ring (bicyclic) bond motifs is 1. The quantitative estimate of drug-likeness (QED) is 0.656. The molecule has 3 aromatic rings. The van der Waals surface area contributed by atoms with Crippen LogP contribution in [0.5, 0.6) is 11.5 Å². The molecule has 0 atom stereocenters. The van der Waals surface area contributed by atoms with E-state index in [9.17, 15) is 4.79 Å². The molecule has 1 N–H and O–H groups in total. The van der Waals surface area contributed by atoms with Crippen molar-refractivity contribution in [2.24, 2.45) is 0 Å². The SMILES string of the molecule is Cc1cc(C)n(-c2ccc(CNC(=O)C3(c4ccc5c(c4)OCO5)CCCCC3)cn2)n1. The highest BCUT2D eigenvalue weighted by Gasteiger charge is 2.41. The maximum atomic E-state index is 13.5. The number of carbonyl (C=O) groups excluding carboxylic acids is 1. The molecule has 0 saturated heterocycles. The minimum atomic E-state index is -0.531. The summed E-state index contributed by atoms with van der Waals surface area (Å²) in [4.78, 5) is 18.1. The molecule has 1 aliphatic carbocycles. The van der Waals surface area contributed by atoms with Crippen LogP contribution in [-0.4, -0.2) is 27.5 Å². The molecule has 2 aliphatic rings. The zero-order chi connectivity index (χ0) is 22.1. The van der Waals surface area contributed by atoms with Crippen LogP contribution in [0, 0.1) is 13.8 Å². The molecular weight excluding hydrogens is 404 g/mol. The maximum Gasteiger partial charge on any atom is 0.231 e. The molecule has 3 heterocycles. The molecule has 0 unspecified atom stereocenters. The molecule has 1 fully saturated rings. The number of ether oxygens (including phenoxy) is 2. The first-order valence-electron chi connectivity index (χ1n) is 11.2. The smallest absolute Gasteiger partial charge is 0.231 e. The lowest BCUT2D eigenvalue weighted by molar-refractivity contribution is -0.128. The van der Waals surface area contributed by atoms with Gasteiger partial charge in [0.25, 0.3) is 0 Å². The number of hydrogen-bond donors (Lipinski definition) is 1. The van der Waals surface area contributed by atoms with Crippen molar-refractivity contribution in [3.05, 3.63) is 65.1 Å². The summed E-state index contributed by atoms with van der Waals surface area (Å²) in [6.45, 7) is 4.65. The number of aryl methyl sites for hydroxylation is 2. The van der Waals surface area contributed by atoms with Gasteiger partial charge in [0.05, 0.1) is 11.1 Å². The van der Waals surface area contributed by atoms with Crippen LogP contribution in [0.3, 0.4) is 0 Å². The second-order valence-electron chi connectivity index (χ2n) is 8.76. The molecule has 1 aromatic carbocycles. The summed E-state index contributed by atoms with van der Waals surface area (Å²) in [7, 11) is 0. The molecule has 2 aromatic heterocycles. The number of amides is 1. The van der Waals surface area contributed by atoms with Crippen LogP contribution < -0.4 is 14.8 Å². The highest BCUT2D eigenvalue weighted by molar-refractivity contribution is 5.88. The summed E-state index contributed by atoms with van der Waals surface area (Å²) in [5.74, 6) is 2.31. The Balaban J connectivity index is 1.32. The van der Waals surface area contributed by atoms with E-state index in [1.54, 1.807) is 6.20 Å². The van der Waals surface area contributed by atoms with Crippen LogP contribution in [0.1, 0.15) is 54.6 Å². The Morgan fingerprint density at radius 1 is 1.06 bits per heavy atom. The Hall–Kier alpha value is -3.35. The maximum absolute atomic E-state index is 13.5. The lowest BCUT2D eigenvalue weighted by Crippen LogP contribution is -2.45. The molecule has 1 aliphatic heterocycles. The summed E-state index contributed by atoms with van der Waals surface area (Å²) >= 11 is 0. The first-order chi connectivity index (χ1) is 15.5. The predicted molar refractivity (Wildman–Crippen MR) is 120 cm³/mol. The number of aromatic nitrogens is 3. The third kappa shape index (κ3) is 3.72. The molecule has 1 saturated carbocycles. The summed E-state index contributed by atoms with van der Waals surface area (Å²) in [6, 6.07) is 11.9. The number of pyridine rings is 1. The van der Waals surface area contributed by atoms with E-state index in [-0.39, 0.29) is 12.7 Å². The van der Waals surface area contributed by atoms with Gasteiger partial charge in [-0.25, -0.2) is 9.67 Å². The number of nitrogens with one attached hydrogen (secondary N) is 1. The van der Waals surface area contributed by atoms with Gasteiger partial charge >= 0.3 is 0 Å². The van der Waals surface area contributed by atoms with Gasteiger partial charge in [-0.3, -0.25) is 4.79 Å². The fraction of sp³-hybridized carbons (Fsp3) is 0.400. The van der Waals surface area contributed by atoms with E-state index in [4.69, 9.17) is 9.47 Å². The van der Waals surface area contributed by atoms with Gasteiger partial charge in [0, 0.05) is 18.4 Å². The zero-order valence-corrected chi connectivity index (χ0v) is 18.6. The Morgan fingerprint density at radius 3 is 2.59 bits per heavy atom. The third-order valence-electron chi connectivity index (χ3n) is 6.56. The number of nitrogens with zero attached hydrogens (tertiary/aromatic N) is 3. The van der Waals surface area contributed by atoms with Crippen LogP contribution in [0.4, 0.5) is 0 Å². The monoisotopic (exact) mass is 432 g/mol. The first-order valence-corrected chi connectivity index (χ1v) is 11.2. The molecule has 0 radical (unpaired) electrons. The molecule has 166 valence electrons. The van der Waals surface area contributed by atoms with Gasteiger partial charge in [0.15, 0.2) is 17.3 Å². The normalized spacial score (nSPS) is 16.7. The van der Waals surface area contributed by atoms with E-state index in [1.165, 1.54) is 0 Å². The van der Waals surface area contributed by atoms with Crippen LogP contribution >= 0.6 is 0 Å². The van der Waals surface area contributed by atoms with Crippen molar-refractivity contribution >= 4 is 5.91 Å². The zero-order valence-electron chi connectivity index (χ0n) is 18.6. The third-order valence-corrected chi connectivity index (χ3v) is 6.56. The fourth-order valence-corrected chi connectivity index (χ4v) is 4.86. The highest BCUT2D eigenvalue weighted by atomic mass is 16.7. The first kappa shape index (κ1) is 20.5. The lowest BCUT2D eigenvalue weighted by Gasteiger charge is -2.36. The Labute approximate surface area is 187 Å². The Kier molecular flexibility index (Phi) is 5.33. The van der Waals surface area contributed by atoms with Gasteiger partial charge in [0.1, 0.15) is 0 Å². The van der Waals surface area contributed by atoms with Gasteiger partial charge in [-0.05, 0) is 62.1 Å². The summed E-state index contributed by atoms with van der Waals surface area (Å²) in [5, 5.41) is 7.66. The molecule has 0 bridgehead atoms. The fourth-order valence-electron chi connectivity index (χ4n) is 4.86. The standard InChI is InChI=1S/C25H28N4O3/c1-17-12-18(2)29(28-17)23-9-6-19(14-26-23)15-27-24(30)25(10-4-3-5-11-25)20-7-8-21-22(13-20)32-16-31-21/h6-9,12-14H,3-5,10-11,15-16H2,1-2H3,(H,27,30). The molecule has 1 amide bonds. The van der Waals surface area contributed by atoms with E-state index in [2.05, 4.69) is 15.4 Å². The number of hydrogen-bond acceptors (Lipinski definition) is 5. The van der Waals surface area contributed by atoms with Gasteiger partial charge in [-0.15, -0.1) is 0 Å². The molecule has 7 heteroatoms. The Bertz CT molecular complexity index is 1130. The van der Waals surface area contributed by atoms with Crippen molar-refractivity contribution < 1.29 is 14.3 Å². The second kappa shape index (κ2) is 8.30. The molecule has 32 heavy (non-hydrogen) atoms. The summed E-state index contributed by atoms with van der Waals surface area (Å²) in [6.07, 6.45) is 6.74. The van der Waals surface area contributed by atoms with E-state index >= 15 is 0 Å². The van der Waals surface area contributed by atoms with Crippen molar-refractivity contribution in [1.29, 1.82) is 0 Å². The van der Waals surface area contributed by atoms with Crippen molar-refractivity contribution in [3.63, 3.8) is 0 Å². The van der Waals surface area contributed by atoms with Crippen molar-refractivity contribution in [3.8, 4) is 17.3 Å². The number of rotatable bonds is 5. The van der Waals surface area contributed by atoms with Crippen molar-refractivity contribution in [2.45, 2.75) is 57.9 Å². The minimum absolute atomic E-state index is 0.0682. The molecule has 5 rings (SSSR count). The molecular formula is C25H28N4O3. The lowest BCUT2D eigenvalue weighted by atomic mass is 9.68. The topological polar surface area (TPSA) is 78.3 Å². The van der Waals surface area contributed by atoms with Gasteiger partial charge in [-0.1, -0.05) is 31.4 Å². The van der Waals surface area contributed by atoms with E-state index in [1.807, 2.05) is 54.9 Å². The minimum Gasteiger partial charge on any atom is -0.454 e. The number of benzene rings is 1. The van der Waals surface area contributed by atoms with Crippen molar-refractivity contribution in [1.82, 2.24) is 20.1 Å². The molecule has 0 spiro atoms.